The number of amides is 1. The summed E-state index contributed by atoms with van der Waals surface area (Å²) < 4.78 is 0. The second-order valence-corrected chi connectivity index (χ2v) is 6.14. The number of hydrogen-bond acceptors (Lipinski definition) is 2. The summed E-state index contributed by atoms with van der Waals surface area (Å²) >= 11 is 0. The Morgan fingerprint density at radius 3 is 2.63 bits per heavy atom. The van der Waals surface area contributed by atoms with Crippen LogP contribution in [-0.4, -0.2) is 12.5 Å². The number of benzene rings is 1. The van der Waals surface area contributed by atoms with E-state index in [4.69, 9.17) is 5.73 Å². The normalized spacial score (nSPS) is 23.0. The topological polar surface area (TPSA) is 55.1 Å². The van der Waals surface area contributed by atoms with E-state index in [-0.39, 0.29) is 23.3 Å². The van der Waals surface area contributed by atoms with E-state index in [1.54, 1.807) is 0 Å². The summed E-state index contributed by atoms with van der Waals surface area (Å²) in [5, 5.41) is 3.12. The van der Waals surface area contributed by atoms with E-state index in [1.807, 2.05) is 30.3 Å². The molecule has 0 saturated heterocycles. The van der Waals surface area contributed by atoms with E-state index in [0.717, 1.165) is 24.8 Å². The van der Waals surface area contributed by atoms with Crippen molar-refractivity contribution >= 4 is 5.91 Å². The SMILES string of the molecule is CC1(C)CCCC1C(=O)NC(CN)c1ccccc1. The fourth-order valence-electron chi connectivity index (χ4n) is 3.05. The van der Waals surface area contributed by atoms with Crippen LogP contribution >= 0.6 is 0 Å². The minimum absolute atomic E-state index is 0.0786. The van der Waals surface area contributed by atoms with Gasteiger partial charge in [-0.1, -0.05) is 50.6 Å². The highest BCUT2D eigenvalue weighted by Gasteiger charge is 2.39. The minimum atomic E-state index is -0.0786. The van der Waals surface area contributed by atoms with Gasteiger partial charge in [-0.3, -0.25) is 4.79 Å². The zero-order chi connectivity index (χ0) is 13.9. The molecule has 0 bridgehead atoms. The summed E-state index contributed by atoms with van der Waals surface area (Å²) in [6.45, 7) is 4.80. The molecule has 0 radical (unpaired) electrons. The van der Waals surface area contributed by atoms with Crippen molar-refractivity contribution < 1.29 is 4.79 Å². The maximum Gasteiger partial charge on any atom is 0.224 e. The quantitative estimate of drug-likeness (QED) is 0.874. The summed E-state index contributed by atoms with van der Waals surface area (Å²) in [5.74, 6) is 0.270. The molecule has 1 aliphatic carbocycles. The molecule has 3 N–H and O–H groups in total. The smallest absolute Gasteiger partial charge is 0.224 e. The highest BCUT2D eigenvalue weighted by molar-refractivity contribution is 5.80. The van der Waals surface area contributed by atoms with Crippen LogP contribution in [0.4, 0.5) is 0 Å². The lowest BCUT2D eigenvalue weighted by molar-refractivity contribution is -0.128. The second-order valence-electron chi connectivity index (χ2n) is 6.14. The summed E-state index contributed by atoms with van der Waals surface area (Å²) in [7, 11) is 0. The Labute approximate surface area is 115 Å². The van der Waals surface area contributed by atoms with Gasteiger partial charge in [0.2, 0.25) is 5.91 Å². The molecule has 0 spiro atoms. The minimum Gasteiger partial charge on any atom is -0.348 e. The van der Waals surface area contributed by atoms with Gasteiger partial charge in [0.25, 0.3) is 0 Å². The summed E-state index contributed by atoms with van der Waals surface area (Å²) in [6.07, 6.45) is 3.26. The van der Waals surface area contributed by atoms with Crippen molar-refractivity contribution in [2.24, 2.45) is 17.1 Å². The van der Waals surface area contributed by atoms with Crippen LogP contribution in [0.5, 0.6) is 0 Å². The average molecular weight is 260 g/mol. The summed E-state index contributed by atoms with van der Waals surface area (Å²) in [6, 6.07) is 9.87. The van der Waals surface area contributed by atoms with Crippen molar-refractivity contribution in [3.05, 3.63) is 35.9 Å². The third kappa shape index (κ3) is 3.16. The molecule has 2 unspecified atom stereocenters. The lowest BCUT2D eigenvalue weighted by Crippen LogP contribution is -2.40. The Balaban J connectivity index is 2.05. The molecular weight excluding hydrogens is 236 g/mol. The maximum atomic E-state index is 12.4. The van der Waals surface area contributed by atoms with Crippen molar-refractivity contribution in [2.75, 3.05) is 6.54 Å². The van der Waals surface area contributed by atoms with Crippen LogP contribution in [0, 0.1) is 11.3 Å². The van der Waals surface area contributed by atoms with E-state index in [1.165, 1.54) is 0 Å². The lowest BCUT2D eigenvalue weighted by Gasteiger charge is -2.28. The molecular formula is C16H24N2O. The van der Waals surface area contributed by atoms with Crippen molar-refractivity contribution in [1.82, 2.24) is 5.32 Å². The van der Waals surface area contributed by atoms with Crippen LogP contribution in [0.3, 0.4) is 0 Å². The van der Waals surface area contributed by atoms with Crippen molar-refractivity contribution in [2.45, 2.75) is 39.2 Å². The van der Waals surface area contributed by atoms with Crippen LogP contribution in [0.15, 0.2) is 30.3 Å². The number of carbonyl (C=O) groups excluding carboxylic acids is 1. The largest absolute Gasteiger partial charge is 0.348 e. The number of hydrogen-bond donors (Lipinski definition) is 2. The summed E-state index contributed by atoms with van der Waals surface area (Å²) in [4.78, 5) is 12.4. The third-order valence-electron chi connectivity index (χ3n) is 4.33. The van der Waals surface area contributed by atoms with E-state index in [0.29, 0.717) is 6.54 Å². The van der Waals surface area contributed by atoms with Crippen LogP contribution in [0.25, 0.3) is 0 Å². The predicted molar refractivity (Wildman–Crippen MR) is 77.5 cm³/mol. The fourth-order valence-corrected chi connectivity index (χ4v) is 3.05. The lowest BCUT2D eigenvalue weighted by atomic mass is 9.81. The second kappa shape index (κ2) is 5.74. The Morgan fingerprint density at radius 1 is 1.42 bits per heavy atom. The zero-order valence-electron chi connectivity index (χ0n) is 11.9. The average Bonchev–Trinajstić information content (AvgIpc) is 2.76. The first-order chi connectivity index (χ1) is 9.04. The van der Waals surface area contributed by atoms with Crippen molar-refractivity contribution in [1.29, 1.82) is 0 Å². The standard InChI is InChI=1S/C16H24N2O/c1-16(2)10-6-9-13(16)15(19)18-14(11-17)12-7-4-3-5-8-12/h3-5,7-8,13-14H,6,9-11,17H2,1-2H3,(H,18,19). The molecule has 3 heteroatoms. The number of nitrogens with one attached hydrogen (secondary N) is 1. The van der Waals surface area contributed by atoms with Gasteiger partial charge in [-0.15, -0.1) is 0 Å². The molecule has 19 heavy (non-hydrogen) atoms. The third-order valence-corrected chi connectivity index (χ3v) is 4.33. The van der Waals surface area contributed by atoms with Gasteiger partial charge in [-0.2, -0.15) is 0 Å². The molecule has 104 valence electrons. The van der Waals surface area contributed by atoms with Gasteiger partial charge < -0.3 is 11.1 Å². The highest BCUT2D eigenvalue weighted by atomic mass is 16.2. The van der Waals surface area contributed by atoms with Crippen molar-refractivity contribution in [3.63, 3.8) is 0 Å². The monoisotopic (exact) mass is 260 g/mol. The zero-order valence-corrected chi connectivity index (χ0v) is 11.9. The maximum absolute atomic E-state index is 12.4. The molecule has 2 rings (SSSR count). The molecule has 1 fully saturated rings. The van der Waals surface area contributed by atoms with Crippen LogP contribution < -0.4 is 11.1 Å². The fraction of sp³-hybridized carbons (Fsp3) is 0.562. The van der Waals surface area contributed by atoms with Crippen LogP contribution in [0.1, 0.15) is 44.7 Å². The molecule has 0 aromatic heterocycles. The Hall–Kier alpha value is -1.35. The van der Waals surface area contributed by atoms with Crippen LogP contribution in [0.2, 0.25) is 0 Å². The van der Waals surface area contributed by atoms with E-state index in [9.17, 15) is 4.79 Å². The molecule has 1 aliphatic rings. The van der Waals surface area contributed by atoms with Gasteiger partial charge in [0, 0.05) is 12.5 Å². The van der Waals surface area contributed by atoms with Crippen LogP contribution in [-0.2, 0) is 4.79 Å². The van der Waals surface area contributed by atoms with Gasteiger partial charge in [0.15, 0.2) is 0 Å². The number of nitrogens with two attached hydrogens (primary N) is 1. The molecule has 1 aromatic rings. The molecule has 1 saturated carbocycles. The first-order valence-corrected chi connectivity index (χ1v) is 7.10. The number of carbonyl (C=O) groups is 1. The van der Waals surface area contributed by atoms with Gasteiger partial charge in [-0.25, -0.2) is 0 Å². The summed E-state index contributed by atoms with van der Waals surface area (Å²) in [5.41, 5.74) is 6.99. The van der Waals surface area contributed by atoms with Gasteiger partial charge in [-0.05, 0) is 23.8 Å². The Kier molecular flexibility index (Phi) is 4.25. The molecule has 3 nitrogen and oxygen atoms in total. The van der Waals surface area contributed by atoms with Gasteiger partial charge >= 0.3 is 0 Å². The first kappa shape index (κ1) is 14.1. The predicted octanol–water partition coefficient (Wildman–Crippen LogP) is 2.63. The van der Waals surface area contributed by atoms with Gasteiger partial charge in [0.05, 0.1) is 6.04 Å². The van der Waals surface area contributed by atoms with E-state index >= 15 is 0 Å². The first-order valence-electron chi connectivity index (χ1n) is 7.10. The Bertz CT molecular complexity index is 428. The molecule has 1 aromatic carbocycles. The van der Waals surface area contributed by atoms with E-state index < -0.39 is 0 Å². The highest BCUT2D eigenvalue weighted by Crippen LogP contribution is 2.42. The Morgan fingerprint density at radius 2 is 2.11 bits per heavy atom. The van der Waals surface area contributed by atoms with Crippen molar-refractivity contribution in [3.8, 4) is 0 Å². The molecule has 0 heterocycles. The van der Waals surface area contributed by atoms with Gasteiger partial charge in [0.1, 0.15) is 0 Å². The molecule has 2 atom stereocenters. The molecule has 1 amide bonds. The number of rotatable bonds is 4. The molecule has 0 aliphatic heterocycles. The van der Waals surface area contributed by atoms with E-state index in [2.05, 4.69) is 19.2 Å².